The normalized spacial score (nSPS) is 26.0. The zero-order chi connectivity index (χ0) is 16.4. The molecule has 0 aliphatic carbocycles. The van der Waals surface area contributed by atoms with Gasteiger partial charge in [0.1, 0.15) is 0 Å². The molecule has 2 aliphatic rings. The molecule has 134 valence electrons. The summed E-state index contributed by atoms with van der Waals surface area (Å²) in [4.78, 5) is 14.3. The number of rotatable bonds is 3. The molecule has 0 bridgehead atoms. The van der Waals surface area contributed by atoms with Crippen molar-refractivity contribution in [1.82, 2.24) is 10.2 Å². The maximum Gasteiger partial charge on any atom is 0.239 e. The van der Waals surface area contributed by atoms with E-state index < -0.39 is 12.2 Å². The van der Waals surface area contributed by atoms with E-state index >= 15 is 0 Å². The molecule has 2 heterocycles. The number of nitrogens with one attached hydrogen (secondary N) is 1. The minimum absolute atomic E-state index is 0. The third-order valence-electron chi connectivity index (χ3n) is 4.92. The topological polar surface area (TPSA) is 72.8 Å². The van der Waals surface area contributed by atoms with Crippen LogP contribution in [-0.2, 0) is 4.79 Å². The quantitative estimate of drug-likeness (QED) is 0.753. The average Bonchev–Trinajstić information content (AvgIpc) is 3.01. The van der Waals surface area contributed by atoms with Crippen molar-refractivity contribution in [3.05, 3.63) is 34.9 Å². The van der Waals surface area contributed by atoms with Crippen molar-refractivity contribution in [1.29, 1.82) is 0 Å². The summed E-state index contributed by atoms with van der Waals surface area (Å²) < 4.78 is 0. The molecule has 3 rings (SSSR count). The summed E-state index contributed by atoms with van der Waals surface area (Å²) in [5, 5.41) is 23.8. The lowest BCUT2D eigenvalue weighted by molar-refractivity contribution is -0.135. The molecule has 3 atom stereocenters. The number of amides is 1. The number of carbonyl (C=O) groups excluding carboxylic acids is 1. The number of hydrogen-bond acceptors (Lipinski definition) is 4. The van der Waals surface area contributed by atoms with Gasteiger partial charge in [-0.1, -0.05) is 23.7 Å². The molecule has 0 spiro atoms. The Morgan fingerprint density at radius 3 is 2.42 bits per heavy atom. The molecule has 1 amide bonds. The summed E-state index contributed by atoms with van der Waals surface area (Å²) >= 11 is 5.88. The van der Waals surface area contributed by atoms with Gasteiger partial charge < -0.3 is 20.4 Å². The number of aliphatic hydroxyl groups is 2. The van der Waals surface area contributed by atoms with Gasteiger partial charge in [-0.3, -0.25) is 4.79 Å². The summed E-state index contributed by atoms with van der Waals surface area (Å²) in [6, 6.07) is 7.02. The fraction of sp³-hybridized carbons (Fsp3) is 0.588. The second kappa shape index (κ2) is 8.50. The highest BCUT2D eigenvalue weighted by molar-refractivity contribution is 6.30. The van der Waals surface area contributed by atoms with Crippen LogP contribution in [0.2, 0.25) is 5.02 Å². The Morgan fingerprint density at radius 1 is 1.25 bits per heavy atom. The Hall–Kier alpha value is -0.850. The van der Waals surface area contributed by atoms with Crippen LogP contribution < -0.4 is 5.32 Å². The third kappa shape index (κ3) is 4.41. The first-order valence-electron chi connectivity index (χ1n) is 8.18. The van der Waals surface area contributed by atoms with E-state index in [0.717, 1.165) is 18.4 Å². The van der Waals surface area contributed by atoms with Crippen molar-refractivity contribution in [2.24, 2.45) is 5.92 Å². The molecule has 1 aromatic rings. The molecule has 2 fully saturated rings. The maximum absolute atomic E-state index is 12.4. The lowest BCUT2D eigenvalue weighted by Gasteiger charge is -2.35. The van der Waals surface area contributed by atoms with E-state index in [1.165, 1.54) is 0 Å². The van der Waals surface area contributed by atoms with Gasteiger partial charge in [-0.05, 0) is 42.9 Å². The summed E-state index contributed by atoms with van der Waals surface area (Å²) in [7, 11) is 0. The van der Waals surface area contributed by atoms with Crippen LogP contribution in [0.4, 0.5) is 0 Å². The third-order valence-corrected chi connectivity index (χ3v) is 5.17. The monoisotopic (exact) mass is 374 g/mol. The van der Waals surface area contributed by atoms with E-state index in [4.69, 9.17) is 11.6 Å². The fourth-order valence-corrected chi connectivity index (χ4v) is 3.62. The van der Waals surface area contributed by atoms with Gasteiger partial charge in [0.05, 0.1) is 18.2 Å². The van der Waals surface area contributed by atoms with Crippen LogP contribution in [0.5, 0.6) is 0 Å². The van der Waals surface area contributed by atoms with Gasteiger partial charge in [0, 0.05) is 24.7 Å². The lowest BCUT2D eigenvalue weighted by Crippen LogP contribution is -2.47. The highest BCUT2D eigenvalue weighted by atomic mass is 35.5. The molecule has 0 aromatic heterocycles. The zero-order valence-corrected chi connectivity index (χ0v) is 15.0. The van der Waals surface area contributed by atoms with Crippen molar-refractivity contribution in [3.63, 3.8) is 0 Å². The minimum atomic E-state index is -0.518. The Balaban J connectivity index is 0.00000208. The first-order chi connectivity index (χ1) is 11.0. The zero-order valence-electron chi connectivity index (χ0n) is 13.4. The standard InChI is InChI=1S/C17H23ClN2O3.ClH/c18-13-3-1-11(2-4-13)16(22)12-5-7-20(8-6-12)17(23)15-9-14(21)10-19-15;/h1-4,12,14-16,19,21-22H,5-10H2;1H. The van der Waals surface area contributed by atoms with E-state index in [-0.39, 0.29) is 30.3 Å². The first kappa shape index (κ1) is 19.5. The first-order valence-corrected chi connectivity index (χ1v) is 8.56. The van der Waals surface area contributed by atoms with E-state index in [1.807, 2.05) is 17.0 Å². The smallest absolute Gasteiger partial charge is 0.239 e. The molecule has 0 radical (unpaired) electrons. The SMILES string of the molecule is Cl.O=C(C1CC(O)CN1)N1CCC(C(O)c2ccc(Cl)cc2)CC1. The number of hydrogen-bond donors (Lipinski definition) is 3. The summed E-state index contributed by atoms with van der Waals surface area (Å²) in [5.74, 6) is 0.225. The van der Waals surface area contributed by atoms with Crippen LogP contribution in [0.1, 0.15) is 30.9 Å². The molecule has 5 nitrogen and oxygen atoms in total. The number of aliphatic hydroxyl groups excluding tert-OH is 2. The van der Waals surface area contributed by atoms with Crippen molar-refractivity contribution in [2.45, 2.75) is 37.5 Å². The summed E-state index contributed by atoms with van der Waals surface area (Å²) in [6.45, 7) is 1.80. The highest BCUT2D eigenvalue weighted by Gasteiger charge is 2.34. The molecule has 3 N–H and O–H groups in total. The van der Waals surface area contributed by atoms with Crippen LogP contribution in [0, 0.1) is 5.92 Å². The second-order valence-corrected chi connectivity index (χ2v) is 6.95. The van der Waals surface area contributed by atoms with E-state index in [1.54, 1.807) is 12.1 Å². The van der Waals surface area contributed by atoms with Crippen LogP contribution in [0.25, 0.3) is 0 Å². The Labute approximate surface area is 153 Å². The van der Waals surface area contributed by atoms with Gasteiger partial charge in [0.25, 0.3) is 0 Å². The predicted molar refractivity (Wildman–Crippen MR) is 95.4 cm³/mol. The average molecular weight is 375 g/mol. The molecule has 2 aliphatic heterocycles. The summed E-state index contributed by atoms with van der Waals surface area (Å²) in [5.41, 5.74) is 0.875. The number of β-amino-alcohol motifs (C(OH)–C–C–N with tert-alkyl or cyclic N) is 1. The Bertz CT molecular complexity index is 547. The van der Waals surface area contributed by atoms with Crippen molar-refractivity contribution < 1.29 is 15.0 Å². The number of carbonyl (C=O) groups is 1. The molecule has 0 saturated carbocycles. The Morgan fingerprint density at radius 2 is 1.88 bits per heavy atom. The van der Waals surface area contributed by atoms with Crippen molar-refractivity contribution in [2.75, 3.05) is 19.6 Å². The molecule has 2 saturated heterocycles. The lowest BCUT2D eigenvalue weighted by atomic mass is 9.87. The number of piperidine rings is 1. The van der Waals surface area contributed by atoms with Gasteiger partial charge in [-0.2, -0.15) is 0 Å². The summed E-state index contributed by atoms with van der Waals surface area (Å²) in [6.07, 6.45) is 1.12. The van der Waals surface area contributed by atoms with Gasteiger partial charge in [0.2, 0.25) is 5.91 Å². The van der Waals surface area contributed by atoms with Crippen molar-refractivity contribution >= 4 is 29.9 Å². The molecule has 24 heavy (non-hydrogen) atoms. The van der Waals surface area contributed by atoms with Crippen LogP contribution >= 0.6 is 24.0 Å². The minimum Gasteiger partial charge on any atom is -0.392 e. The number of likely N-dealkylation sites (tertiary alicyclic amines) is 1. The van der Waals surface area contributed by atoms with Gasteiger partial charge in [-0.25, -0.2) is 0 Å². The largest absolute Gasteiger partial charge is 0.392 e. The Kier molecular flexibility index (Phi) is 6.89. The predicted octanol–water partition coefficient (Wildman–Crippen LogP) is 1.76. The molecular formula is C17H24Cl2N2O3. The number of halogens is 2. The fourth-order valence-electron chi connectivity index (χ4n) is 3.49. The number of benzene rings is 1. The maximum atomic E-state index is 12.4. The molecular weight excluding hydrogens is 351 g/mol. The number of nitrogens with zero attached hydrogens (tertiary/aromatic N) is 1. The molecule has 1 aromatic carbocycles. The van der Waals surface area contributed by atoms with Crippen LogP contribution in [-0.4, -0.2) is 52.8 Å². The molecule has 7 heteroatoms. The molecule has 3 unspecified atom stereocenters. The van der Waals surface area contributed by atoms with Gasteiger partial charge in [0.15, 0.2) is 0 Å². The highest BCUT2D eigenvalue weighted by Crippen LogP contribution is 2.31. The van der Waals surface area contributed by atoms with E-state index in [9.17, 15) is 15.0 Å². The van der Waals surface area contributed by atoms with Crippen molar-refractivity contribution in [3.8, 4) is 0 Å². The van der Waals surface area contributed by atoms with Gasteiger partial charge >= 0.3 is 0 Å². The van der Waals surface area contributed by atoms with E-state index in [0.29, 0.717) is 31.1 Å². The second-order valence-electron chi connectivity index (χ2n) is 6.51. The van der Waals surface area contributed by atoms with E-state index in [2.05, 4.69) is 5.32 Å². The van der Waals surface area contributed by atoms with Crippen LogP contribution in [0.15, 0.2) is 24.3 Å². The van der Waals surface area contributed by atoms with Crippen LogP contribution in [0.3, 0.4) is 0 Å². The van der Waals surface area contributed by atoms with Gasteiger partial charge in [-0.15, -0.1) is 12.4 Å².